The zero-order valence-corrected chi connectivity index (χ0v) is 16.4. The average molecular weight is 437 g/mol. The van der Waals surface area contributed by atoms with Crippen LogP contribution in [0.5, 0.6) is 5.88 Å². The Morgan fingerprint density at radius 1 is 1.21 bits per heavy atom. The molecule has 0 radical (unpaired) electrons. The number of nitrogens with zero attached hydrogens (tertiary/aromatic N) is 1. The van der Waals surface area contributed by atoms with Crippen LogP contribution in [-0.4, -0.2) is 23.1 Å². The summed E-state index contributed by atoms with van der Waals surface area (Å²) in [5, 5.41) is 13.7. The SMILES string of the molecule is CC[C@](O)(C(=O)NCc1cc(C(F)(F)F)cnc1OC)c1ccc(Cl)c(Cl)c1. The minimum Gasteiger partial charge on any atom is -0.481 e. The quantitative estimate of drug-likeness (QED) is 0.706. The third-order valence-corrected chi connectivity index (χ3v) is 4.91. The molecule has 0 fully saturated rings. The molecule has 2 rings (SSSR count). The van der Waals surface area contributed by atoms with Crippen LogP contribution in [0.4, 0.5) is 13.2 Å². The largest absolute Gasteiger partial charge is 0.481 e. The van der Waals surface area contributed by atoms with E-state index in [1.54, 1.807) is 6.92 Å². The molecular formula is C18H17Cl2F3N2O3. The number of alkyl halides is 3. The number of hydrogen-bond acceptors (Lipinski definition) is 4. The molecule has 152 valence electrons. The maximum atomic E-state index is 12.9. The molecule has 0 aliphatic carbocycles. The third kappa shape index (κ3) is 4.68. The van der Waals surface area contributed by atoms with E-state index >= 15 is 0 Å². The molecule has 0 unspecified atom stereocenters. The maximum absolute atomic E-state index is 12.9. The number of aliphatic hydroxyl groups is 1. The molecule has 1 atom stereocenters. The lowest BCUT2D eigenvalue weighted by molar-refractivity contribution is -0.141. The van der Waals surface area contributed by atoms with Crippen LogP contribution in [0.15, 0.2) is 30.5 Å². The van der Waals surface area contributed by atoms with E-state index in [1.807, 2.05) is 0 Å². The van der Waals surface area contributed by atoms with E-state index in [4.69, 9.17) is 27.9 Å². The number of ether oxygens (including phenoxy) is 1. The van der Waals surface area contributed by atoms with Crippen molar-refractivity contribution >= 4 is 29.1 Å². The lowest BCUT2D eigenvalue weighted by Crippen LogP contribution is -2.43. The van der Waals surface area contributed by atoms with Crippen molar-refractivity contribution in [2.75, 3.05) is 7.11 Å². The zero-order chi connectivity index (χ0) is 21.1. The molecule has 0 saturated heterocycles. The first-order chi connectivity index (χ1) is 13.0. The Bertz CT molecular complexity index is 878. The summed E-state index contributed by atoms with van der Waals surface area (Å²) in [4.78, 5) is 16.2. The summed E-state index contributed by atoms with van der Waals surface area (Å²) >= 11 is 11.8. The van der Waals surface area contributed by atoms with Crippen molar-refractivity contribution in [3.8, 4) is 5.88 Å². The molecule has 1 aromatic heterocycles. The van der Waals surface area contributed by atoms with Gasteiger partial charge in [-0.2, -0.15) is 13.2 Å². The van der Waals surface area contributed by atoms with Gasteiger partial charge in [0.25, 0.3) is 5.91 Å². The second-order valence-corrected chi connectivity index (χ2v) is 6.73. The van der Waals surface area contributed by atoms with Crippen LogP contribution >= 0.6 is 23.2 Å². The lowest BCUT2D eigenvalue weighted by atomic mass is 9.90. The second kappa shape index (κ2) is 8.55. The average Bonchev–Trinajstić information content (AvgIpc) is 2.66. The van der Waals surface area contributed by atoms with Crippen LogP contribution in [0.2, 0.25) is 10.0 Å². The molecule has 0 saturated carbocycles. The van der Waals surface area contributed by atoms with E-state index in [1.165, 1.54) is 25.3 Å². The van der Waals surface area contributed by atoms with Crippen LogP contribution in [0.25, 0.3) is 0 Å². The number of methoxy groups -OCH3 is 1. The first-order valence-electron chi connectivity index (χ1n) is 8.09. The number of carbonyl (C=O) groups is 1. The molecule has 2 aromatic rings. The standard InChI is InChI=1S/C18H17Cl2F3N2O3/c1-3-17(27,11-4-5-13(19)14(20)7-11)16(26)25-8-10-6-12(18(21,22)23)9-24-15(10)28-2/h4-7,9,27H,3,8H2,1-2H3,(H,25,26)/t17-/m1/s1. The zero-order valence-electron chi connectivity index (χ0n) is 14.9. The normalized spacial score (nSPS) is 13.7. The highest BCUT2D eigenvalue weighted by Gasteiger charge is 2.37. The number of rotatable bonds is 6. The smallest absolute Gasteiger partial charge is 0.417 e. The fraction of sp³-hybridized carbons (Fsp3) is 0.333. The van der Waals surface area contributed by atoms with Crippen LogP contribution in [0, 0.1) is 0 Å². The number of benzene rings is 1. The van der Waals surface area contributed by atoms with E-state index in [9.17, 15) is 23.1 Å². The molecule has 0 spiro atoms. The van der Waals surface area contributed by atoms with Crippen molar-refractivity contribution in [1.82, 2.24) is 10.3 Å². The summed E-state index contributed by atoms with van der Waals surface area (Å²) in [6.45, 7) is 1.25. The number of hydrogen-bond donors (Lipinski definition) is 2. The first-order valence-corrected chi connectivity index (χ1v) is 8.84. The van der Waals surface area contributed by atoms with Gasteiger partial charge in [-0.3, -0.25) is 4.79 Å². The summed E-state index contributed by atoms with van der Waals surface area (Å²) in [5.74, 6) is -0.879. The molecular weight excluding hydrogens is 420 g/mol. The highest BCUT2D eigenvalue weighted by Crippen LogP contribution is 2.33. The van der Waals surface area contributed by atoms with Crippen molar-refractivity contribution in [2.24, 2.45) is 0 Å². The van der Waals surface area contributed by atoms with Gasteiger partial charge in [-0.15, -0.1) is 0 Å². The maximum Gasteiger partial charge on any atom is 0.417 e. The van der Waals surface area contributed by atoms with Gasteiger partial charge in [0.1, 0.15) is 0 Å². The molecule has 28 heavy (non-hydrogen) atoms. The Kier molecular flexibility index (Phi) is 6.80. The summed E-state index contributed by atoms with van der Waals surface area (Å²) in [6.07, 6.45) is -3.96. The van der Waals surface area contributed by atoms with Crippen LogP contribution in [0.3, 0.4) is 0 Å². The van der Waals surface area contributed by atoms with Gasteiger partial charge in [-0.05, 0) is 30.2 Å². The van der Waals surface area contributed by atoms with Crippen molar-refractivity contribution in [3.63, 3.8) is 0 Å². The number of carbonyl (C=O) groups excluding carboxylic acids is 1. The number of amides is 1. The number of aromatic nitrogens is 1. The molecule has 0 aliphatic rings. The molecule has 1 aromatic carbocycles. The van der Waals surface area contributed by atoms with Crippen molar-refractivity contribution < 1.29 is 27.8 Å². The number of halogens is 5. The lowest BCUT2D eigenvalue weighted by Gasteiger charge is -2.26. The second-order valence-electron chi connectivity index (χ2n) is 5.92. The van der Waals surface area contributed by atoms with Crippen molar-refractivity contribution in [2.45, 2.75) is 31.7 Å². The van der Waals surface area contributed by atoms with E-state index < -0.39 is 23.2 Å². The van der Waals surface area contributed by atoms with E-state index in [2.05, 4.69) is 10.3 Å². The Balaban J connectivity index is 2.27. The van der Waals surface area contributed by atoms with Gasteiger partial charge in [0, 0.05) is 18.3 Å². The third-order valence-electron chi connectivity index (χ3n) is 4.17. The van der Waals surface area contributed by atoms with Gasteiger partial charge in [0.05, 0.1) is 22.7 Å². The predicted octanol–water partition coefficient (Wildman–Crippen LogP) is 4.33. The molecule has 0 bridgehead atoms. The number of nitrogens with one attached hydrogen (secondary N) is 1. The Labute approximate surface area is 169 Å². The van der Waals surface area contributed by atoms with Gasteiger partial charge < -0.3 is 15.2 Å². The fourth-order valence-electron chi connectivity index (χ4n) is 2.53. The highest BCUT2D eigenvalue weighted by molar-refractivity contribution is 6.42. The fourth-order valence-corrected chi connectivity index (χ4v) is 2.83. The molecule has 1 amide bonds. The molecule has 10 heteroatoms. The van der Waals surface area contributed by atoms with Crippen molar-refractivity contribution in [1.29, 1.82) is 0 Å². The predicted molar refractivity (Wildman–Crippen MR) is 98.3 cm³/mol. The Morgan fingerprint density at radius 3 is 2.43 bits per heavy atom. The summed E-state index contributed by atoms with van der Waals surface area (Å²) in [5.41, 5.74) is -2.71. The molecule has 1 heterocycles. The number of pyridine rings is 1. The highest BCUT2D eigenvalue weighted by atomic mass is 35.5. The van der Waals surface area contributed by atoms with Gasteiger partial charge >= 0.3 is 6.18 Å². The molecule has 2 N–H and O–H groups in total. The minimum atomic E-state index is -4.59. The van der Waals surface area contributed by atoms with E-state index in [0.717, 1.165) is 6.07 Å². The van der Waals surface area contributed by atoms with E-state index in [-0.39, 0.29) is 40.0 Å². The summed E-state index contributed by atoms with van der Waals surface area (Å²) in [7, 11) is 1.25. The van der Waals surface area contributed by atoms with Crippen LogP contribution in [-0.2, 0) is 23.1 Å². The van der Waals surface area contributed by atoms with Crippen molar-refractivity contribution in [3.05, 3.63) is 57.2 Å². The van der Waals surface area contributed by atoms with Gasteiger partial charge in [-0.1, -0.05) is 36.2 Å². The monoisotopic (exact) mass is 436 g/mol. The van der Waals surface area contributed by atoms with E-state index in [0.29, 0.717) is 6.20 Å². The Morgan fingerprint density at radius 2 is 1.89 bits per heavy atom. The summed E-state index contributed by atoms with van der Waals surface area (Å²) in [6, 6.07) is 5.08. The summed E-state index contributed by atoms with van der Waals surface area (Å²) < 4.78 is 43.7. The van der Waals surface area contributed by atoms with Gasteiger partial charge in [0.15, 0.2) is 5.60 Å². The molecule has 0 aliphatic heterocycles. The van der Waals surface area contributed by atoms with Gasteiger partial charge in [0.2, 0.25) is 5.88 Å². The van der Waals surface area contributed by atoms with Crippen LogP contribution in [0.1, 0.15) is 30.0 Å². The minimum absolute atomic E-state index is 0.00519. The first kappa shape index (κ1) is 22.3. The topological polar surface area (TPSA) is 71.5 Å². The Hall–Kier alpha value is -2.03. The van der Waals surface area contributed by atoms with Crippen LogP contribution < -0.4 is 10.1 Å². The van der Waals surface area contributed by atoms with Gasteiger partial charge in [-0.25, -0.2) is 4.98 Å². The molecule has 5 nitrogen and oxygen atoms in total.